The van der Waals surface area contributed by atoms with Gasteiger partial charge >= 0.3 is 0 Å². The number of amides is 1. The number of aryl methyl sites for hydroxylation is 2. The van der Waals surface area contributed by atoms with Crippen LogP contribution in [0.4, 0.5) is 0 Å². The molecule has 0 aliphatic rings. The first-order valence-corrected chi connectivity index (χ1v) is 11.1. The number of carbonyl (C=O) groups excluding carboxylic acids is 1. The molecule has 2 aromatic heterocycles. The molecule has 1 N–H and O–H groups in total. The highest BCUT2D eigenvalue weighted by molar-refractivity contribution is 5.77. The van der Waals surface area contributed by atoms with Gasteiger partial charge in [-0.15, -0.1) is 0 Å². The number of nitrogens with zero attached hydrogens (tertiary/aromatic N) is 3. The molecule has 0 saturated heterocycles. The van der Waals surface area contributed by atoms with E-state index in [4.69, 9.17) is 13.9 Å². The highest BCUT2D eigenvalue weighted by Gasteiger charge is 2.22. The Morgan fingerprint density at radius 1 is 1.09 bits per heavy atom. The summed E-state index contributed by atoms with van der Waals surface area (Å²) in [6.45, 7) is 0. The molecule has 1 unspecified atom stereocenters. The second kappa shape index (κ2) is 10.7. The van der Waals surface area contributed by atoms with Gasteiger partial charge in [0, 0.05) is 43.9 Å². The van der Waals surface area contributed by atoms with Crippen LogP contribution in [0.2, 0.25) is 0 Å². The van der Waals surface area contributed by atoms with Crippen molar-refractivity contribution in [1.82, 2.24) is 19.9 Å². The third kappa shape index (κ3) is 5.46. The molecule has 0 aliphatic heterocycles. The van der Waals surface area contributed by atoms with Gasteiger partial charge in [-0.1, -0.05) is 30.3 Å². The molecule has 1 amide bonds. The maximum atomic E-state index is 12.9. The molecular formula is C26H28N4O4. The Morgan fingerprint density at radius 3 is 2.47 bits per heavy atom. The Hall–Kier alpha value is -4.07. The Labute approximate surface area is 198 Å². The Morgan fingerprint density at radius 2 is 1.82 bits per heavy atom. The predicted molar refractivity (Wildman–Crippen MR) is 128 cm³/mol. The Balaban J connectivity index is 1.43. The van der Waals surface area contributed by atoms with E-state index in [2.05, 4.69) is 15.3 Å². The van der Waals surface area contributed by atoms with Gasteiger partial charge < -0.3 is 23.8 Å². The van der Waals surface area contributed by atoms with E-state index >= 15 is 0 Å². The zero-order chi connectivity index (χ0) is 23.9. The SMILES string of the molecule is COc1cc(OC)cc(C(NC(=O)CCCc2ncc(-c3ccccc3)o2)c2nccn2C)c1. The van der Waals surface area contributed by atoms with Crippen LogP contribution >= 0.6 is 0 Å². The summed E-state index contributed by atoms with van der Waals surface area (Å²) in [4.78, 5) is 21.7. The standard InChI is InChI=1S/C26H28N4O4/c1-30-13-12-27-26(30)25(19-14-20(32-2)16-21(15-19)33-3)29-23(31)10-7-11-24-28-17-22(34-24)18-8-5-4-6-9-18/h4-6,8-9,12-17,25H,7,10-11H2,1-3H3,(H,29,31). The molecule has 4 aromatic rings. The van der Waals surface area contributed by atoms with E-state index in [0.29, 0.717) is 42.5 Å². The number of nitrogens with one attached hydrogen (secondary N) is 1. The number of oxazole rings is 1. The van der Waals surface area contributed by atoms with Crippen molar-refractivity contribution in [3.8, 4) is 22.8 Å². The normalized spacial score (nSPS) is 11.7. The van der Waals surface area contributed by atoms with Crippen molar-refractivity contribution in [2.45, 2.75) is 25.3 Å². The van der Waals surface area contributed by atoms with Gasteiger partial charge in [0.1, 0.15) is 23.4 Å². The average molecular weight is 461 g/mol. The molecule has 0 spiro atoms. The van der Waals surface area contributed by atoms with Crippen LogP contribution in [0.3, 0.4) is 0 Å². The van der Waals surface area contributed by atoms with Gasteiger partial charge in [-0.3, -0.25) is 4.79 Å². The first-order chi connectivity index (χ1) is 16.6. The van der Waals surface area contributed by atoms with Crippen molar-refractivity contribution in [3.05, 3.63) is 84.4 Å². The molecule has 2 heterocycles. The number of carbonyl (C=O) groups is 1. The lowest BCUT2D eigenvalue weighted by Crippen LogP contribution is -2.31. The van der Waals surface area contributed by atoms with Crippen LogP contribution in [0.15, 0.2) is 71.5 Å². The molecule has 2 aromatic carbocycles. The first-order valence-electron chi connectivity index (χ1n) is 11.1. The predicted octanol–water partition coefficient (Wildman–Crippen LogP) is 4.32. The number of hydrogen-bond acceptors (Lipinski definition) is 6. The van der Waals surface area contributed by atoms with Crippen molar-refractivity contribution in [1.29, 1.82) is 0 Å². The summed E-state index contributed by atoms with van der Waals surface area (Å²) in [7, 11) is 5.09. The largest absolute Gasteiger partial charge is 0.497 e. The van der Waals surface area contributed by atoms with Gasteiger partial charge in [0.15, 0.2) is 11.7 Å². The van der Waals surface area contributed by atoms with Gasteiger partial charge in [-0.25, -0.2) is 9.97 Å². The monoisotopic (exact) mass is 460 g/mol. The van der Waals surface area contributed by atoms with Crippen molar-refractivity contribution in [3.63, 3.8) is 0 Å². The van der Waals surface area contributed by atoms with E-state index in [1.54, 1.807) is 32.7 Å². The van der Waals surface area contributed by atoms with Crippen molar-refractivity contribution < 1.29 is 18.7 Å². The topological polar surface area (TPSA) is 91.4 Å². The molecule has 4 rings (SSSR count). The molecule has 8 nitrogen and oxygen atoms in total. The van der Waals surface area contributed by atoms with E-state index in [-0.39, 0.29) is 5.91 Å². The fourth-order valence-corrected chi connectivity index (χ4v) is 3.74. The lowest BCUT2D eigenvalue weighted by Gasteiger charge is -2.20. The number of aromatic nitrogens is 3. The van der Waals surface area contributed by atoms with Crippen molar-refractivity contribution >= 4 is 5.91 Å². The molecule has 34 heavy (non-hydrogen) atoms. The Kier molecular flexibility index (Phi) is 7.27. The number of benzene rings is 2. The van der Waals surface area contributed by atoms with Gasteiger partial charge in [-0.05, 0) is 24.1 Å². The van der Waals surface area contributed by atoms with Gasteiger partial charge in [0.2, 0.25) is 5.91 Å². The quantitative estimate of drug-likeness (QED) is 0.379. The maximum Gasteiger partial charge on any atom is 0.220 e. The van der Waals surface area contributed by atoms with Gasteiger partial charge in [-0.2, -0.15) is 0 Å². The fraction of sp³-hybridized carbons (Fsp3) is 0.269. The van der Waals surface area contributed by atoms with Crippen LogP contribution in [-0.2, 0) is 18.3 Å². The van der Waals surface area contributed by atoms with Gasteiger partial charge in [0.25, 0.3) is 0 Å². The van der Waals surface area contributed by atoms with Crippen LogP contribution in [-0.4, -0.2) is 34.7 Å². The highest BCUT2D eigenvalue weighted by atomic mass is 16.5. The van der Waals surface area contributed by atoms with E-state index < -0.39 is 6.04 Å². The van der Waals surface area contributed by atoms with E-state index in [9.17, 15) is 4.79 Å². The van der Waals surface area contributed by atoms with Crippen molar-refractivity contribution in [2.75, 3.05) is 14.2 Å². The maximum absolute atomic E-state index is 12.9. The number of rotatable bonds is 10. The zero-order valence-electron chi connectivity index (χ0n) is 19.5. The van der Waals surface area contributed by atoms with E-state index in [1.165, 1.54) is 0 Å². The minimum absolute atomic E-state index is 0.0929. The molecule has 0 saturated carbocycles. The molecule has 0 radical (unpaired) electrons. The summed E-state index contributed by atoms with van der Waals surface area (Å²) in [6.07, 6.45) is 6.77. The van der Waals surface area contributed by atoms with Crippen LogP contribution in [0.1, 0.15) is 36.2 Å². The molecule has 176 valence electrons. The minimum atomic E-state index is -0.456. The van der Waals surface area contributed by atoms with Crippen LogP contribution in [0.5, 0.6) is 11.5 Å². The molecule has 0 aliphatic carbocycles. The Bertz CT molecular complexity index is 1210. The summed E-state index contributed by atoms with van der Waals surface area (Å²) >= 11 is 0. The second-order valence-electron chi connectivity index (χ2n) is 7.88. The number of methoxy groups -OCH3 is 2. The lowest BCUT2D eigenvalue weighted by molar-refractivity contribution is -0.121. The van der Waals surface area contributed by atoms with Crippen LogP contribution < -0.4 is 14.8 Å². The summed E-state index contributed by atoms with van der Waals surface area (Å²) < 4.78 is 18.5. The first kappa shape index (κ1) is 23.1. The highest BCUT2D eigenvalue weighted by Crippen LogP contribution is 2.29. The third-order valence-corrected chi connectivity index (χ3v) is 5.54. The van der Waals surface area contributed by atoms with Crippen molar-refractivity contribution in [2.24, 2.45) is 7.05 Å². The molecule has 0 bridgehead atoms. The zero-order valence-corrected chi connectivity index (χ0v) is 19.5. The lowest BCUT2D eigenvalue weighted by atomic mass is 10.0. The molecule has 1 atom stereocenters. The van der Waals surface area contributed by atoms with Gasteiger partial charge in [0.05, 0.1) is 20.4 Å². The molecule has 8 heteroatoms. The molecular weight excluding hydrogens is 432 g/mol. The summed E-state index contributed by atoms with van der Waals surface area (Å²) in [5, 5.41) is 3.11. The minimum Gasteiger partial charge on any atom is -0.497 e. The number of imidazole rings is 1. The summed E-state index contributed by atoms with van der Waals surface area (Å²) in [5.74, 6) is 3.24. The number of ether oxygens (including phenoxy) is 2. The number of hydrogen-bond donors (Lipinski definition) is 1. The summed E-state index contributed by atoms with van der Waals surface area (Å²) in [6, 6.07) is 14.9. The van der Waals surface area contributed by atoms with E-state index in [1.807, 2.05) is 60.3 Å². The molecule has 0 fully saturated rings. The average Bonchev–Trinajstić information content (AvgIpc) is 3.52. The third-order valence-electron chi connectivity index (χ3n) is 5.54. The summed E-state index contributed by atoms with van der Waals surface area (Å²) in [5.41, 5.74) is 1.80. The fourth-order valence-electron chi connectivity index (χ4n) is 3.74. The smallest absolute Gasteiger partial charge is 0.220 e. The van der Waals surface area contributed by atoms with Crippen LogP contribution in [0, 0.1) is 0 Å². The second-order valence-corrected chi connectivity index (χ2v) is 7.88. The van der Waals surface area contributed by atoms with Crippen LogP contribution in [0.25, 0.3) is 11.3 Å². The van der Waals surface area contributed by atoms with E-state index in [0.717, 1.165) is 16.9 Å².